The molecule has 1 aromatic heterocycles. The van der Waals surface area contributed by atoms with Crippen LogP contribution in [0.25, 0.3) is 0 Å². The van der Waals surface area contributed by atoms with Gasteiger partial charge in [0.1, 0.15) is 22.9 Å². The third kappa shape index (κ3) is 2.39. The van der Waals surface area contributed by atoms with Gasteiger partial charge in [0, 0.05) is 6.20 Å². The molecule has 0 saturated heterocycles. The third-order valence-electron chi connectivity index (χ3n) is 2.13. The van der Waals surface area contributed by atoms with Crippen molar-refractivity contribution in [2.45, 2.75) is 0 Å². The van der Waals surface area contributed by atoms with Crippen LogP contribution in [-0.4, -0.2) is 16.0 Å². The van der Waals surface area contributed by atoms with E-state index >= 15 is 0 Å². The van der Waals surface area contributed by atoms with E-state index < -0.39 is 23.0 Å². The molecule has 0 aliphatic rings. The number of nitrogens with one attached hydrogen (secondary N) is 1. The minimum Gasteiger partial charge on any atom is -0.507 e. The Hall–Kier alpha value is -2.43. The van der Waals surface area contributed by atoms with E-state index in [1.807, 2.05) is 0 Å². The summed E-state index contributed by atoms with van der Waals surface area (Å²) < 4.78 is 13.4. The number of aromatic hydroxyl groups is 1. The molecule has 0 unspecified atom stereocenters. The lowest BCUT2D eigenvalue weighted by Gasteiger charge is -2.06. The summed E-state index contributed by atoms with van der Waals surface area (Å²) in [5.74, 6) is -1.63. The Balaban J connectivity index is 2.27. The van der Waals surface area contributed by atoms with Crippen molar-refractivity contribution in [2.24, 2.45) is 0 Å². The molecule has 2 aromatic rings. The smallest absolute Gasteiger partial charge is 0.263 e. The monoisotopic (exact) mass is 232 g/mol. The minimum atomic E-state index is -0.779. The lowest BCUT2D eigenvalue weighted by Crippen LogP contribution is -2.14. The number of hydrogen-bond acceptors (Lipinski definition) is 3. The molecule has 0 saturated carbocycles. The summed E-state index contributed by atoms with van der Waals surface area (Å²) in [7, 11) is 0. The molecule has 17 heavy (non-hydrogen) atoms. The molecule has 0 atom stereocenters. The van der Waals surface area contributed by atoms with Gasteiger partial charge in [-0.05, 0) is 24.3 Å². The largest absolute Gasteiger partial charge is 0.507 e. The van der Waals surface area contributed by atoms with Crippen LogP contribution in [0.5, 0.6) is 5.75 Å². The maximum atomic E-state index is 13.4. The molecule has 4 nitrogen and oxygen atoms in total. The normalized spacial score (nSPS) is 9.94. The summed E-state index contributed by atoms with van der Waals surface area (Å²) >= 11 is 0. The fraction of sp³-hybridized carbons (Fsp3) is 0. The number of nitrogens with zero attached hydrogens (tertiary/aromatic N) is 1. The molecular weight excluding hydrogens is 223 g/mol. The highest BCUT2D eigenvalue weighted by molar-refractivity contribution is 6.05. The van der Waals surface area contributed by atoms with E-state index in [2.05, 4.69) is 10.3 Å². The molecule has 1 amide bonds. The third-order valence-corrected chi connectivity index (χ3v) is 2.13. The van der Waals surface area contributed by atoms with E-state index in [0.717, 1.165) is 6.07 Å². The summed E-state index contributed by atoms with van der Waals surface area (Å²) in [6.07, 6.45) is 1.50. The lowest BCUT2D eigenvalue weighted by molar-refractivity contribution is 0.102. The van der Waals surface area contributed by atoms with E-state index in [1.165, 1.54) is 18.3 Å². The molecular formula is C12H9FN2O2. The Morgan fingerprint density at radius 1 is 1.24 bits per heavy atom. The summed E-state index contributed by atoms with van der Waals surface area (Å²) in [4.78, 5) is 15.6. The van der Waals surface area contributed by atoms with E-state index in [-0.39, 0.29) is 0 Å². The van der Waals surface area contributed by atoms with Gasteiger partial charge in [0.15, 0.2) is 0 Å². The number of anilines is 1. The van der Waals surface area contributed by atoms with Crippen molar-refractivity contribution in [1.82, 2.24) is 4.98 Å². The van der Waals surface area contributed by atoms with Crippen LogP contribution in [0.3, 0.4) is 0 Å². The van der Waals surface area contributed by atoms with Crippen molar-refractivity contribution in [1.29, 1.82) is 0 Å². The number of aromatic nitrogens is 1. The van der Waals surface area contributed by atoms with Crippen molar-refractivity contribution in [3.63, 3.8) is 0 Å². The number of rotatable bonds is 2. The summed E-state index contributed by atoms with van der Waals surface area (Å²) in [6.45, 7) is 0. The highest BCUT2D eigenvalue weighted by atomic mass is 19.1. The van der Waals surface area contributed by atoms with Gasteiger partial charge in [-0.1, -0.05) is 12.1 Å². The predicted octanol–water partition coefficient (Wildman–Crippen LogP) is 2.18. The SMILES string of the molecule is O=C(Nc1ccccn1)c1c(O)cccc1F. The second-order valence-corrected chi connectivity index (χ2v) is 3.30. The van der Waals surface area contributed by atoms with Crippen LogP contribution < -0.4 is 5.32 Å². The molecule has 0 bridgehead atoms. The van der Waals surface area contributed by atoms with Crippen molar-refractivity contribution >= 4 is 11.7 Å². The highest BCUT2D eigenvalue weighted by Crippen LogP contribution is 2.20. The zero-order valence-corrected chi connectivity index (χ0v) is 8.72. The first-order chi connectivity index (χ1) is 8.18. The van der Waals surface area contributed by atoms with E-state index in [0.29, 0.717) is 5.82 Å². The first kappa shape index (κ1) is 11.1. The average Bonchev–Trinajstić information content (AvgIpc) is 2.30. The van der Waals surface area contributed by atoms with Crippen LogP contribution in [0.2, 0.25) is 0 Å². The first-order valence-electron chi connectivity index (χ1n) is 4.88. The molecule has 5 heteroatoms. The molecule has 2 N–H and O–H groups in total. The Bertz CT molecular complexity index is 523. The molecule has 1 heterocycles. The maximum absolute atomic E-state index is 13.4. The Kier molecular flexibility index (Phi) is 3.00. The van der Waals surface area contributed by atoms with Gasteiger partial charge in [0.05, 0.1) is 0 Å². The van der Waals surface area contributed by atoms with Gasteiger partial charge in [-0.2, -0.15) is 0 Å². The molecule has 0 aliphatic carbocycles. The second-order valence-electron chi connectivity index (χ2n) is 3.30. The number of benzene rings is 1. The quantitative estimate of drug-likeness (QED) is 0.834. The standard InChI is InChI=1S/C12H9FN2O2/c13-8-4-3-5-9(16)11(8)12(17)15-10-6-1-2-7-14-10/h1-7,16H,(H,14,15,17). The number of amides is 1. The van der Waals surface area contributed by atoms with Crippen LogP contribution in [0, 0.1) is 5.82 Å². The van der Waals surface area contributed by atoms with Crippen LogP contribution >= 0.6 is 0 Å². The molecule has 1 aromatic carbocycles. The Morgan fingerprint density at radius 2 is 2.06 bits per heavy atom. The van der Waals surface area contributed by atoms with Gasteiger partial charge < -0.3 is 10.4 Å². The number of carbonyl (C=O) groups is 1. The number of phenolic OH excluding ortho intramolecular Hbond substituents is 1. The summed E-state index contributed by atoms with van der Waals surface area (Å²) in [5.41, 5.74) is -0.391. The maximum Gasteiger partial charge on any atom is 0.263 e. The number of halogens is 1. The van der Waals surface area contributed by atoms with Crippen LogP contribution in [0.1, 0.15) is 10.4 Å². The molecule has 2 rings (SSSR count). The van der Waals surface area contributed by atoms with Crippen molar-refractivity contribution in [3.8, 4) is 5.75 Å². The van der Waals surface area contributed by atoms with Crippen LogP contribution in [-0.2, 0) is 0 Å². The van der Waals surface area contributed by atoms with E-state index in [9.17, 15) is 14.3 Å². The van der Waals surface area contributed by atoms with Crippen molar-refractivity contribution in [3.05, 3.63) is 54.0 Å². The van der Waals surface area contributed by atoms with Gasteiger partial charge in [0.25, 0.3) is 5.91 Å². The highest BCUT2D eigenvalue weighted by Gasteiger charge is 2.16. The van der Waals surface area contributed by atoms with E-state index in [1.54, 1.807) is 18.2 Å². The predicted molar refractivity (Wildman–Crippen MR) is 60.3 cm³/mol. The van der Waals surface area contributed by atoms with Gasteiger partial charge in [-0.3, -0.25) is 4.79 Å². The van der Waals surface area contributed by atoms with Crippen LogP contribution in [0.15, 0.2) is 42.6 Å². The molecule has 0 fully saturated rings. The summed E-state index contributed by atoms with van der Waals surface area (Å²) in [5, 5.41) is 11.8. The molecule has 86 valence electrons. The summed E-state index contributed by atoms with van der Waals surface area (Å²) in [6, 6.07) is 8.61. The van der Waals surface area contributed by atoms with Crippen molar-refractivity contribution < 1.29 is 14.3 Å². The van der Waals surface area contributed by atoms with E-state index in [4.69, 9.17) is 0 Å². The lowest BCUT2D eigenvalue weighted by atomic mass is 10.1. The average molecular weight is 232 g/mol. The van der Waals surface area contributed by atoms with Gasteiger partial charge in [-0.15, -0.1) is 0 Å². The molecule has 0 radical (unpaired) electrons. The zero-order chi connectivity index (χ0) is 12.3. The minimum absolute atomic E-state index is 0.292. The molecule has 0 spiro atoms. The van der Waals surface area contributed by atoms with Gasteiger partial charge in [0.2, 0.25) is 0 Å². The van der Waals surface area contributed by atoms with Crippen molar-refractivity contribution in [2.75, 3.05) is 5.32 Å². The number of phenols is 1. The number of hydrogen-bond donors (Lipinski definition) is 2. The van der Waals surface area contributed by atoms with Crippen LogP contribution in [0.4, 0.5) is 10.2 Å². The van der Waals surface area contributed by atoms with Gasteiger partial charge >= 0.3 is 0 Å². The number of carbonyl (C=O) groups excluding carboxylic acids is 1. The van der Waals surface area contributed by atoms with Gasteiger partial charge in [-0.25, -0.2) is 9.37 Å². The number of pyridine rings is 1. The molecule has 0 aliphatic heterocycles. The Labute approximate surface area is 96.7 Å². The fourth-order valence-corrected chi connectivity index (χ4v) is 1.35. The zero-order valence-electron chi connectivity index (χ0n) is 8.72. The topological polar surface area (TPSA) is 62.2 Å². The first-order valence-corrected chi connectivity index (χ1v) is 4.88. The Morgan fingerprint density at radius 3 is 2.71 bits per heavy atom. The fourth-order valence-electron chi connectivity index (χ4n) is 1.35. The second kappa shape index (κ2) is 4.61.